The van der Waals surface area contributed by atoms with Crippen molar-refractivity contribution in [3.8, 4) is 0 Å². The van der Waals surface area contributed by atoms with Gasteiger partial charge in [0.25, 0.3) is 0 Å². The molecule has 118 valence electrons. The molecule has 0 aromatic heterocycles. The van der Waals surface area contributed by atoms with Gasteiger partial charge >= 0.3 is 5.97 Å². The minimum Gasteiger partial charge on any atom is -0.455 e. The van der Waals surface area contributed by atoms with Gasteiger partial charge in [-0.25, -0.2) is 0 Å². The van der Waals surface area contributed by atoms with Crippen molar-refractivity contribution in [2.24, 2.45) is 11.8 Å². The minimum atomic E-state index is -0.634. The van der Waals surface area contributed by atoms with Crippen LogP contribution in [0.3, 0.4) is 0 Å². The van der Waals surface area contributed by atoms with Crippen molar-refractivity contribution < 1.29 is 19.0 Å². The number of rotatable bonds is 1. The van der Waals surface area contributed by atoms with E-state index in [1.807, 2.05) is 20.8 Å². The van der Waals surface area contributed by atoms with E-state index in [0.29, 0.717) is 11.8 Å². The monoisotopic (exact) mass is 294 g/mol. The van der Waals surface area contributed by atoms with E-state index in [-0.39, 0.29) is 23.8 Å². The van der Waals surface area contributed by atoms with Crippen LogP contribution in [0.25, 0.3) is 0 Å². The zero-order valence-corrected chi connectivity index (χ0v) is 13.6. The molecule has 5 unspecified atom stereocenters. The molecule has 1 aliphatic heterocycles. The lowest BCUT2D eigenvalue weighted by molar-refractivity contribution is -0.188. The van der Waals surface area contributed by atoms with Gasteiger partial charge in [-0.2, -0.15) is 0 Å². The lowest BCUT2D eigenvalue weighted by Crippen LogP contribution is -2.60. The fourth-order valence-electron chi connectivity index (χ4n) is 4.53. The van der Waals surface area contributed by atoms with Gasteiger partial charge < -0.3 is 14.2 Å². The van der Waals surface area contributed by atoms with Crippen LogP contribution in [0.4, 0.5) is 0 Å². The maximum absolute atomic E-state index is 11.5. The van der Waals surface area contributed by atoms with Gasteiger partial charge in [-0.05, 0) is 45.1 Å². The molecule has 2 aliphatic carbocycles. The van der Waals surface area contributed by atoms with E-state index < -0.39 is 5.79 Å². The molecule has 0 aromatic carbocycles. The van der Waals surface area contributed by atoms with Crippen LogP contribution in [-0.4, -0.2) is 29.6 Å². The van der Waals surface area contributed by atoms with Gasteiger partial charge in [0.2, 0.25) is 0 Å². The molecule has 5 atom stereocenters. The zero-order valence-electron chi connectivity index (χ0n) is 13.6. The van der Waals surface area contributed by atoms with Crippen molar-refractivity contribution in [2.45, 2.75) is 77.5 Å². The predicted molar refractivity (Wildman–Crippen MR) is 78.6 cm³/mol. The molecular weight excluding hydrogens is 268 g/mol. The van der Waals surface area contributed by atoms with Gasteiger partial charge in [-0.3, -0.25) is 4.79 Å². The summed E-state index contributed by atoms with van der Waals surface area (Å²) in [6.45, 7) is 9.64. The number of carbonyl (C=O) groups is 1. The Hall–Kier alpha value is -0.870. The second-order valence-corrected chi connectivity index (χ2v) is 7.27. The first-order valence-electron chi connectivity index (χ1n) is 8.00. The number of hydrogen-bond acceptors (Lipinski definition) is 4. The summed E-state index contributed by atoms with van der Waals surface area (Å²) < 4.78 is 18.3. The summed E-state index contributed by atoms with van der Waals surface area (Å²) in [6, 6.07) is 0. The first kappa shape index (κ1) is 15.0. The Balaban J connectivity index is 2.06. The van der Waals surface area contributed by atoms with E-state index >= 15 is 0 Å². The highest BCUT2D eigenvalue weighted by molar-refractivity contribution is 5.66. The largest absolute Gasteiger partial charge is 0.455 e. The minimum absolute atomic E-state index is 0.207. The molecule has 0 N–H and O–H groups in total. The molecule has 0 aromatic rings. The predicted octanol–water partition coefficient (Wildman–Crippen LogP) is 3.20. The fraction of sp³-hybridized carbons (Fsp3) is 0.824. The second kappa shape index (κ2) is 4.82. The van der Waals surface area contributed by atoms with Gasteiger partial charge in [0.05, 0.1) is 0 Å². The SMILES string of the molecule is CC(=O)OC1C(C)=CC2CCCC(C)C23OC(C)(C)OC13. The summed E-state index contributed by atoms with van der Waals surface area (Å²) in [4.78, 5) is 11.5. The fourth-order valence-corrected chi connectivity index (χ4v) is 4.53. The average molecular weight is 294 g/mol. The lowest BCUT2D eigenvalue weighted by atomic mass is 9.61. The third-order valence-corrected chi connectivity index (χ3v) is 5.26. The molecule has 3 aliphatic rings. The number of hydrogen-bond donors (Lipinski definition) is 0. The van der Waals surface area contributed by atoms with Crippen LogP contribution in [0.1, 0.15) is 53.9 Å². The van der Waals surface area contributed by atoms with E-state index in [4.69, 9.17) is 14.2 Å². The number of carbonyl (C=O) groups excluding carboxylic acids is 1. The molecule has 0 radical (unpaired) electrons. The molecule has 3 rings (SSSR count). The summed E-state index contributed by atoms with van der Waals surface area (Å²) >= 11 is 0. The van der Waals surface area contributed by atoms with Crippen LogP contribution in [0, 0.1) is 11.8 Å². The summed E-state index contributed by atoms with van der Waals surface area (Å²) in [5, 5.41) is 0. The molecule has 21 heavy (non-hydrogen) atoms. The second-order valence-electron chi connectivity index (χ2n) is 7.27. The Kier molecular flexibility index (Phi) is 3.45. The van der Waals surface area contributed by atoms with Crippen molar-refractivity contribution in [1.29, 1.82) is 0 Å². The van der Waals surface area contributed by atoms with E-state index in [0.717, 1.165) is 18.4 Å². The molecule has 4 heteroatoms. The van der Waals surface area contributed by atoms with E-state index in [1.165, 1.54) is 13.3 Å². The van der Waals surface area contributed by atoms with Crippen LogP contribution >= 0.6 is 0 Å². The summed E-state index contributed by atoms with van der Waals surface area (Å²) in [6.07, 6.45) is 5.18. The van der Waals surface area contributed by atoms with Crippen LogP contribution in [0.5, 0.6) is 0 Å². The van der Waals surface area contributed by atoms with Crippen molar-refractivity contribution in [3.63, 3.8) is 0 Å². The van der Waals surface area contributed by atoms with Crippen molar-refractivity contribution >= 4 is 5.97 Å². The molecule has 1 saturated carbocycles. The first-order valence-corrected chi connectivity index (χ1v) is 8.00. The Morgan fingerprint density at radius 2 is 2.10 bits per heavy atom. The molecule has 1 spiro atoms. The zero-order chi connectivity index (χ0) is 15.4. The van der Waals surface area contributed by atoms with Gasteiger partial charge in [0.1, 0.15) is 11.7 Å². The van der Waals surface area contributed by atoms with Crippen LogP contribution < -0.4 is 0 Å². The van der Waals surface area contributed by atoms with Crippen molar-refractivity contribution in [1.82, 2.24) is 0 Å². The number of ether oxygens (including phenoxy) is 3. The van der Waals surface area contributed by atoms with Crippen LogP contribution in [0.15, 0.2) is 11.6 Å². The van der Waals surface area contributed by atoms with Gasteiger partial charge in [-0.15, -0.1) is 0 Å². The van der Waals surface area contributed by atoms with E-state index in [9.17, 15) is 4.79 Å². The standard InChI is InChI=1S/C17H26O4/c1-10-9-13-8-6-7-11(2)17(13)15(14(10)19-12(3)18)20-16(4,5)21-17/h9,11,13-15H,6-8H2,1-5H3. The van der Waals surface area contributed by atoms with Crippen LogP contribution in [0.2, 0.25) is 0 Å². The Morgan fingerprint density at radius 3 is 2.76 bits per heavy atom. The molecule has 0 amide bonds. The summed E-state index contributed by atoms with van der Waals surface area (Å²) in [5.41, 5.74) is 0.729. The normalized spacial score (nSPS) is 44.5. The Bertz CT molecular complexity index is 481. The molecule has 1 heterocycles. The van der Waals surface area contributed by atoms with E-state index in [2.05, 4.69) is 13.0 Å². The molecular formula is C17H26O4. The molecule has 2 fully saturated rings. The molecule has 4 nitrogen and oxygen atoms in total. The lowest BCUT2D eigenvalue weighted by Gasteiger charge is -2.51. The quantitative estimate of drug-likeness (QED) is 0.550. The topological polar surface area (TPSA) is 44.8 Å². The van der Waals surface area contributed by atoms with E-state index in [1.54, 1.807) is 0 Å². The maximum Gasteiger partial charge on any atom is 0.303 e. The van der Waals surface area contributed by atoms with Gasteiger partial charge in [-0.1, -0.05) is 19.4 Å². The van der Waals surface area contributed by atoms with Crippen molar-refractivity contribution in [2.75, 3.05) is 0 Å². The Morgan fingerprint density at radius 1 is 1.38 bits per heavy atom. The third kappa shape index (κ3) is 2.23. The van der Waals surface area contributed by atoms with Crippen LogP contribution in [-0.2, 0) is 19.0 Å². The van der Waals surface area contributed by atoms with Crippen molar-refractivity contribution in [3.05, 3.63) is 11.6 Å². The summed E-state index contributed by atoms with van der Waals surface area (Å²) in [5.74, 6) is -0.158. The highest BCUT2D eigenvalue weighted by Crippen LogP contribution is 2.56. The smallest absolute Gasteiger partial charge is 0.303 e. The highest BCUT2D eigenvalue weighted by atomic mass is 16.8. The average Bonchev–Trinajstić information content (AvgIpc) is 2.65. The number of esters is 1. The first-order chi connectivity index (χ1) is 9.76. The Labute approximate surface area is 126 Å². The van der Waals surface area contributed by atoms with Gasteiger partial charge in [0, 0.05) is 12.8 Å². The third-order valence-electron chi connectivity index (χ3n) is 5.26. The highest BCUT2D eigenvalue weighted by Gasteiger charge is 2.65. The maximum atomic E-state index is 11.5. The van der Waals surface area contributed by atoms with Gasteiger partial charge in [0.15, 0.2) is 11.9 Å². The molecule has 0 bridgehead atoms. The summed E-state index contributed by atoms with van der Waals surface area (Å²) in [7, 11) is 0. The molecule has 1 saturated heterocycles.